The van der Waals surface area contributed by atoms with Crippen LogP contribution in [-0.2, 0) is 9.62 Å². The maximum atomic E-state index is 11.2. The van der Waals surface area contributed by atoms with Gasteiger partial charge in [-0.2, -0.15) is 5.26 Å². The zero-order chi connectivity index (χ0) is 17.1. The molecule has 0 aliphatic carbocycles. The molecule has 0 radical (unpaired) electrons. The van der Waals surface area contributed by atoms with Crippen LogP contribution in [0.4, 0.5) is 0 Å². The second-order valence-electron chi connectivity index (χ2n) is 4.43. The van der Waals surface area contributed by atoms with Crippen molar-refractivity contribution in [2.75, 3.05) is 6.61 Å². The Bertz CT molecular complexity index is 607. The van der Waals surface area contributed by atoms with Gasteiger partial charge in [0.05, 0.1) is 17.7 Å². The first-order chi connectivity index (χ1) is 11.1. The third-order valence-corrected chi connectivity index (χ3v) is 2.63. The lowest BCUT2D eigenvalue weighted by Gasteiger charge is -2.02. The maximum Gasteiger partial charge on any atom is 0.372 e. The van der Waals surface area contributed by atoms with Gasteiger partial charge in [0.15, 0.2) is 0 Å². The van der Waals surface area contributed by atoms with E-state index >= 15 is 0 Å². The number of hydrogen-bond acceptors (Lipinski definition) is 6. The minimum absolute atomic E-state index is 0.145. The third-order valence-electron chi connectivity index (χ3n) is 2.63. The molecule has 2 aromatic rings. The van der Waals surface area contributed by atoms with E-state index in [1.807, 2.05) is 6.92 Å². The van der Waals surface area contributed by atoms with E-state index < -0.39 is 5.97 Å². The summed E-state index contributed by atoms with van der Waals surface area (Å²) in [4.78, 5) is 25.2. The minimum atomic E-state index is -0.736. The highest BCUT2D eigenvalue weighted by Gasteiger charge is 2.05. The molecular formula is C17H18O6. The van der Waals surface area contributed by atoms with Crippen LogP contribution in [0, 0.1) is 0 Å². The summed E-state index contributed by atoms with van der Waals surface area (Å²) in [6.07, 6.45) is 0.809. The molecule has 0 aliphatic rings. The average molecular weight is 318 g/mol. The Labute approximate surface area is 133 Å². The first kappa shape index (κ1) is 18.2. The Hall–Kier alpha value is -2.86. The van der Waals surface area contributed by atoms with Gasteiger partial charge in [-0.1, -0.05) is 25.1 Å². The van der Waals surface area contributed by atoms with E-state index in [0.29, 0.717) is 17.7 Å². The first-order valence-corrected chi connectivity index (χ1v) is 6.95. The standard InChI is InChI=1S/C10H12O3.C7H6O3/c1-2-7-13-10(12)8-3-5-9(11)6-4-8;8-7(10-9)6-4-2-1-3-5-6/h3-6,11H,2,7H2,1H3;1-5,9H. The number of ether oxygens (including phenoxy) is 1. The van der Waals surface area contributed by atoms with Crippen molar-refractivity contribution < 1.29 is 29.6 Å². The molecule has 0 spiro atoms. The van der Waals surface area contributed by atoms with Gasteiger partial charge in [-0.05, 0) is 42.8 Å². The van der Waals surface area contributed by atoms with Crippen LogP contribution in [0.25, 0.3) is 0 Å². The predicted octanol–water partition coefficient (Wildman–Crippen LogP) is 3.28. The first-order valence-electron chi connectivity index (χ1n) is 6.95. The van der Waals surface area contributed by atoms with Gasteiger partial charge < -0.3 is 9.84 Å². The number of phenols is 1. The van der Waals surface area contributed by atoms with Crippen molar-refractivity contribution in [2.24, 2.45) is 0 Å². The fraction of sp³-hybridized carbons (Fsp3) is 0.176. The summed E-state index contributed by atoms with van der Waals surface area (Å²) in [5, 5.41) is 16.9. The van der Waals surface area contributed by atoms with E-state index in [1.54, 1.807) is 30.3 Å². The van der Waals surface area contributed by atoms with E-state index in [1.165, 1.54) is 24.3 Å². The molecular weight excluding hydrogens is 300 g/mol. The van der Waals surface area contributed by atoms with Crippen molar-refractivity contribution in [1.82, 2.24) is 0 Å². The van der Waals surface area contributed by atoms with Crippen LogP contribution in [0.2, 0.25) is 0 Å². The summed E-state index contributed by atoms with van der Waals surface area (Å²) in [6, 6.07) is 14.2. The van der Waals surface area contributed by atoms with Gasteiger partial charge >= 0.3 is 11.9 Å². The summed E-state index contributed by atoms with van der Waals surface area (Å²) in [7, 11) is 0. The van der Waals surface area contributed by atoms with Gasteiger partial charge in [-0.3, -0.25) is 4.89 Å². The molecule has 2 rings (SSSR count). The molecule has 2 aromatic carbocycles. The van der Waals surface area contributed by atoms with Gasteiger partial charge in [0.25, 0.3) is 0 Å². The molecule has 6 heteroatoms. The van der Waals surface area contributed by atoms with Gasteiger partial charge in [-0.25, -0.2) is 9.59 Å². The molecule has 0 amide bonds. The highest BCUT2D eigenvalue weighted by atomic mass is 17.1. The lowest BCUT2D eigenvalue weighted by atomic mass is 10.2. The number of benzene rings is 2. The summed E-state index contributed by atoms with van der Waals surface area (Å²) in [5.41, 5.74) is 0.802. The van der Waals surface area contributed by atoms with Crippen LogP contribution >= 0.6 is 0 Å². The quantitative estimate of drug-likeness (QED) is 0.510. The number of rotatable bonds is 4. The van der Waals surface area contributed by atoms with Gasteiger partial charge in [0, 0.05) is 0 Å². The smallest absolute Gasteiger partial charge is 0.372 e. The predicted molar refractivity (Wildman–Crippen MR) is 83.2 cm³/mol. The normalized spacial score (nSPS) is 9.30. The molecule has 0 atom stereocenters. The number of aromatic hydroxyl groups is 1. The molecule has 122 valence electrons. The van der Waals surface area contributed by atoms with Crippen molar-refractivity contribution in [3.8, 4) is 5.75 Å². The van der Waals surface area contributed by atoms with E-state index in [-0.39, 0.29) is 11.7 Å². The van der Waals surface area contributed by atoms with Crippen molar-refractivity contribution >= 4 is 11.9 Å². The zero-order valence-electron chi connectivity index (χ0n) is 12.6. The molecule has 0 aliphatic heterocycles. The molecule has 0 heterocycles. The van der Waals surface area contributed by atoms with Crippen molar-refractivity contribution in [1.29, 1.82) is 0 Å². The Kier molecular flexibility index (Phi) is 7.88. The molecule has 0 bridgehead atoms. The molecule has 0 saturated carbocycles. The second-order valence-corrected chi connectivity index (χ2v) is 4.43. The molecule has 23 heavy (non-hydrogen) atoms. The van der Waals surface area contributed by atoms with Gasteiger partial charge in [0.2, 0.25) is 0 Å². The lowest BCUT2D eigenvalue weighted by Crippen LogP contribution is -2.05. The highest BCUT2D eigenvalue weighted by Crippen LogP contribution is 2.10. The molecule has 6 nitrogen and oxygen atoms in total. The average Bonchev–Trinajstić information content (AvgIpc) is 2.61. The number of carbonyl (C=O) groups is 2. The van der Waals surface area contributed by atoms with Gasteiger partial charge in [0.1, 0.15) is 5.75 Å². The van der Waals surface area contributed by atoms with E-state index in [2.05, 4.69) is 4.89 Å². The van der Waals surface area contributed by atoms with Gasteiger partial charge in [-0.15, -0.1) is 0 Å². The monoisotopic (exact) mass is 318 g/mol. The second kappa shape index (κ2) is 9.97. The van der Waals surface area contributed by atoms with Crippen LogP contribution in [0.15, 0.2) is 54.6 Å². The Morgan fingerprint density at radius 2 is 1.48 bits per heavy atom. The minimum Gasteiger partial charge on any atom is -0.508 e. The SMILES string of the molecule is CCCOC(=O)c1ccc(O)cc1.O=C(OO)c1ccccc1. The Morgan fingerprint density at radius 3 is 2.00 bits per heavy atom. The van der Waals surface area contributed by atoms with E-state index in [4.69, 9.17) is 15.1 Å². The van der Waals surface area contributed by atoms with E-state index in [0.717, 1.165) is 6.42 Å². The molecule has 0 saturated heterocycles. The van der Waals surface area contributed by atoms with E-state index in [9.17, 15) is 9.59 Å². The molecule has 0 aromatic heterocycles. The lowest BCUT2D eigenvalue weighted by molar-refractivity contribution is -0.182. The summed E-state index contributed by atoms with van der Waals surface area (Å²) < 4.78 is 4.90. The van der Waals surface area contributed by atoms with Crippen LogP contribution in [0.1, 0.15) is 34.1 Å². The summed E-state index contributed by atoms with van der Waals surface area (Å²) >= 11 is 0. The van der Waals surface area contributed by atoms with Crippen LogP contribution in [-0.4, -0.2) is 28.9 Å². The van der Waals surface area contributed by atoms with Crippen LogP contribution in [0.5, 0.6) is 5.75 Å². The number of hydrogen-bond donors (Lipinski definition) is 2. The zero-order valence-corrected chi connectivity index (χ0v) is 12.6. The number of esters is 1. The third kappa shape index (κ3) is 6.62. The fourth-order valence-electron chi connectivity index (χ4n) is 1.50. The van der Waals surface area contributed by atoms with Crippen molar-refractivity contribution in [2.45, 2.75) is 13.3 Å². The van der Waals surface area contributed by atoms with Crippen molar-refractivity contribution in [3.05, 3.63) is 65.7 Å². The molecule has 0 fully saturated rings. The molecule has 0 unspecified atom stereocenters. The van der Waals surface area contributed by atoms with Crippen LogP contribution < -0.4 is 0 Å². The largest absolute Gasteiger partial charge is 0.508 e. The number of phenolic OH excluding ortho intramolecular Hbond substituents is 1. The Morgan fingerprint density at radius 1 is 0.913 bits per heavy atom. The summed E-state index contributed by atoms with van der Waals surface area (Å²) in [5.74, 6) is -0.936. The highest BCUT2D eigenvalue weighted by molar-refractivity contribution is 5.89. The van der Waals surface area contributed by atoms with Crippen molar-refractivity contribution in [3.63, 3.8) is 0 Å². The topological polar surface area (TPSA) is 93.1 Å². The summed E-state index contributed by atoms with van der Waals surface area (Å²) in [6.45, 7) is 2.36. The maximum absolute atomic E-state index is 11.2. The molecule has 2 N–H and O–H groups in total. The Balaban J connectivity index is 0.000000238. The van der Waals surface area contributed by atoms with Crippen LogP contribution in [0.3, 0.4) is 0 Å². The fourth-order valence-corrected chi connectivity index (χ4v) is 1.50. The number of carbonyl (C=O) groups excluding carboxylic acids is 2.